The standard InChI is InChI=1S/C6H10O4.2C5H14NO/c7-5(8)3-1-2-4-6(9)10;2*1-6(2,3)4-5-7/h1-4H2,(H,7,8)(H,9,10);2*7H,4-5H2,1-3H3/q;2*+1/p-2. The smallest absolute Gasteiger partial charge is 0.101 e. The molecule has 0 aromatic carbocycles. The third-order valence-electron chi connectivity index (χ3n) is 2.55. The van der Waals surface area contributed by atoms with Gasteiger partial charge in [-0.15, -0.1) is 0 Å². The molecule has 0 aliphatic carbocycles. The van der Waals surface area contributed by atoms with Gasteiger partial charge >= 0.3 is 0 Å². The van der Waals surface area contributed by atoms with Gasteiger partial charge in [0.15, 0.2) is 0 Å². The van der Waals surface area contributed by atoms with Crippen molar-refractivity contribution in [3.05, 3.63) is 0 Å². The molecule has 0 aliphatic heterocycles. The first-order chi connectivity index (χ1) is 10.7. The van der Waals surface area contributed by atoms with E-state index in [4.69, 9.17) is 10.2 Å². The van der Waals surface area contributed by atoms with Gasteiger partial charge in [0.05, 0.1) is 55.5 Å². The van der Waals surface area contributed by atoms with E-state index in [1.807, 2.05) is 0 Å². The first kappa shape index (κ1) is 27.6. The van der Waals surface area contributed by atoms with E-state index in [1.54, 1.807) is 0 Å². The molecule has 146 valence electrons. The summed E-state index contributed by atoms with van der Waals surface area (Å²) in [5, 5.41) is 36.3. The maximum atomic E-state index is 9.77. The van der Waals surface area contributed by atoms with Crippen LogP contribution in [0.3, 0.4) is 0 Å². The summed E-state index contributed by atoms with van der Waals surface area (Å²) in [5.74, 6) is -2.28. The molecule has 2 N–H and O–H groups in total. The molecule has 0 radical (unpaired) electrons. The fourth-order valence-corrected chi connectivity index (χ4v) is 1.14. The van der Waals surface area contributed by atoms with Crippen molar-refractivity contribution < 1.29 is 39.0 Å². The van der Waals surface area contributed by atoms with Crippen molar-refractivity contribution in [1.82, 2.24) is 0 Å². The van der Waals surface area contributed by atoms with E-state index < -0.39 is 11.9 Å². The number of hydrogen-bond donors (Lipinski definition) is 2. The molecule has 0 spiro atoms. The number of rotatable bonds is 9. The Hall–Kier alpha value is -1.22. The van der Waals surface area contributed by atoms with E-state index in [0.717, 1.165) is 22.1 Å². The first-order valence-corrected chi connectivity index (χ1v) is 7.97. The van der Waals surface area contributed by atoms with Gasteiger partial charge < -0.3 is 39.0 Å². The van der Waals surface area contributed by atoms with Crippen LogP contribution < -0.4 is 10.2 Å². The number of aliphatic hydroxyl groups excluding tert-OH is 2. The van der Waals surface area contributed by atoms with Gasteiger partial charge in [-0.2, -0.15) is 0 Å². The van der Waals surface area contributed by atoms with E-state index in [-0.39, 0.29) is 26.1 Å². The first-order valence-electron chi connectivity index (χ1n) is 7.97. The Morgan fingerprint density at radius 1 is 0.708 bits per heavy atom. The minimum Gasteiger partial charge on any atom is -0.550 e. The van der Waals surface area contributed by atoms with Crippen molar-refractivity contribution in [3.8, 4) is 0 Å². The number of quaternary nitrogens is 2. The predicted molar refractivity (Wildman–Crippen MR) is 88.5 cm³/mol. The zero-order valence-corrected chi connectivity index (χ0v) is 16.1. The maximum Gasteiger partial charge on any atom is 0.101 e. The van der Waals surface area contributed by atoms with Gasteiger partial charge in [-0.3, -0.25) is 0 Å². The number of aliphatic carboxylic acids is 2. The molecule has 0 heterocycles. The molecule has 0 aromatic rings. The van der Waals surface area contributed by atoms with Crippen molar-refractivity contribution in [2.45, 2.75) is 25.7 Å². The third-order valence-corrected chi connectivity index (χ3v) is 2.55. The monoisotopic (exact) mass is 352 g/mol. The highest BCUT2D eigenvalue weighted by molar-refractivity contribution is 5.65. The Kier molecular flexibility index (Phi) is 17.6. The molecular formula is C16H36N2O6. The van der Waals surface area contributed by atoms with Crippen LogP contribution >= 0.6 is 0 Å². The second-order valence-electron chi connectivity index (χ2n) is 7.43. The van der Waals surface area contributed by atoms with Gasteiger partial charge in [-0.25, -0.2) is 0 Å². The lowest BCUT2D eigenvalue weighted by atomic mass is 10.2. The van der Waals surface area contributed by atoms with E-state index in [1.165, 1.54) is 0 Å². The fraction of sp³-hybridized carbons (Fsp3) is 0.875. The molecule has 0 aromatic heterocycles. The number of unbranched alkanes of at least 4 members (excludes halogenated alkanes) is 1. The number of aliphatic hydroxyl groups is 2. The number of hydrogen-bond acceptors (Lipinski definition) is 6. The summed E-state index contributed by atoms with van der Waals surface area (Å²) in [4.78, 5) is 19.5. The van der Waals surface area contributed by atoms with Crippen molar-refractivity contribution >= 4 is 11.9 Å². The number of likely N-dealkylation sites (N-methyl/N-ethyl adjacent to an activating group) is 2. The van der Waals surface area contributed by atoms with Crippen LogP contribution in [-0.2, 0) is 9.59 Å². The minimum atomic E-state index is -1.14. The van der Waals surface area contributed by atoms with Crippen LogP contribution in [0.2, 0.25) is 0 Å². The van der Waals surface area contributed by atoms with Crippen LogP contribution in [-0.4, -0.2) is 99.7 Å². The van der Waals surface area contributed by atoms with Crippen LogP contribution in [0, 0.1) is 0 Å². The molecule has 0 aliphatic rings. The number of nitrogens with zero attached hydrogens (tertiary/aromatic N) is 2. The van der Waals surface area contributed by atoms with E-state index >= 15 is 0 Å². The highest BCUT2D eigenvalue weighted by Gasteiger charge is 2.02. The van der Waals surface area contributed by atoms with Crippen molar-refractivity contribution in [2.75, 3.05) is 68.6 Å². The summed E-state index contributed by atoms with van der Waals surface area (Å²) >= 11 is 0. The fourth-order valence-electron chi connectivity index (χ4n) is 1.14. The Balaban J connectivity index is -0.000000283. The topological polar surface area (TPSA) is 121 Å². The Morgan fingerprint density at radius 2 is 0.958 bits per heavy atom. The molecule has 0 saturated carbocycles. The van der Waals surface area contributed by atoms with Gasteiger partial charge in [-0.1, -0.05) is 0 Å². The lowest BCUT2D eigenvalue weighted by Gasteiger charge is -2.21. The Morgan fingerprint density at radius 3 is 1.04 bits per heavy atom. The lowest BCUT2D eigenvalue weighted by Crippen LogP contribution is -2.36. The highest BCUT2D eigenvalue weighted by atomic mass is 16.4. The molecule has 8 heteroatoms. The molecule has 24 heavy (non-hydrogen) atoms. The average Bonchev–Trinajstić information content (AvgIpc) is 2.33. The van der Waals surface area contributed by atoms with Crippen molar-refractivity contribution in [3.63, 3.8) is 0 Å². The summed E-state index contributed by atoms with van der Waals surface area (Å²) in [6.07, 6.45) is 0.535. The van der Waals surface area contributed by atoms with Gasteiger partial charge in [0, 0.05) is 11.9 Å². The average molecular weight is 352 g/mol. The van der Waals surface area contributed by atoms with Crippen molar-refractivity contribution in [2.24, 2.45) is 0 Å². The molecular weight excluding hydrogens is 316 g/mol. The highest BCUT2D eigenvalue weighted by Crippen LogP contribution is 1.96. The van der Waals surface area contributed by atoms with E-state index in [2.05, 4.69) is 42.3 Å². The molecule has 0 saturated heterocycles. The van der Waals surface area contributed by atoms with Crippen LogP contribution in [0.15, 0.2) is 0 Å². The summed E-state index contributed by atoms with van der Waals surface area (Å²) in [7, 11) is 12.3. The summed E-state index contributed by atoms with van der Waals surface area (Å²) in [6, 6.07) is 0. The van der Waals surface area contributed by atoms with Gasteiger partial charge in [-0.05, 0) is 25.7 Å². The molecule has 0 unspecified atom stereocenters. The molecule has 0 atom stereocenters. The van der Waals surface area contributed by atoms with Gasteiger partial charge in [0.1, 0.15) is 13.1 Å². The third kappa shape index (κ3) is 42.8. The Labute approximate surface area is 146 Å². The summed E-state index contributed by atoms with van der Waals surface area (Å²) < 4.78 is 1.69. The summed E-state index contributed by atoms with van der Waals surface area (Å²) in [6.45, 7) is 2.23. The summed E-state index contributed by atoms with van der Waals surface area (Å²) in [5.41, 5.74) is 0. The van der Waals surface area contributed by atoms with E-state index in [9.17, 15) is 19.8 Å². The van der Waals surface area contributed by atoms with Crippen molar-refractivity contribution in [1.29, 1.82) is 0 Å². The zero-order chi connectivity index (χ0) is 19.8. The second kappa shape index (κ2) is 15.3. The molecule has 0 fully saturated rings. The molecule has 0 amide bonds. The van der Waals surface area contributed by atoms with Crippen LogP contribution in [0.5, 0.6) is 0 Å². The van der Waals surface area contributed by atoms with Gasteiger partial charge in [0.25, 0.3) is 0 Å². The largest absolute Gasteiger partial charge is 0.550 e. The normalized spacial score (nSPS) is 10.8. The lowest BCUT2D eigenvalue weighted by molar-refractivity contribution is -0.870. The van der Waals surface area contributed by atoms with Crippen LogP contribution in [0.25, 0.3) is 0 Å². The molecule has 8 nitrogen and oxygen atoms in total. The molecule has 0 rings (SSSR count). The number of carbonyl (C=O) groups excluding carboxylic acids is 2. The number of carboxylic acids is 2. The SMILES string of the molecule is C[N+](C)(C)CCO.C[N+](C)(C)CCO.O=C([O-])CCCCC(=O)[O-]. The van der Waals surface area contributed by atoms with E-state index in [0.29, 0.717) is 12.8 Å². The van der Waals surface area contributed by atoms with Gasteiger partial charge in [0.2, 0.25) is 0 Å². The number of carbonyl (C=O) groups is 2. The zero-order valence-electron chi connectivity index (χ0n) is 16.1. The quantitative estimate of drug-likeness (QED) is 0.347. The maximum absolute atomic E-state index is 9.77. The minimum absolute atomic E-state index is 0.0761. The van der Waals surface area contributed by atoms with Crippen LogP contribution in [0.4, 0.5) is 0 Å². The number of carboxylic acid groups (broad SMARTS) is 2. The second-order valence-corrected chi connectivity index (χ2v) is 7.43. The van der Waals surface area contributed by atoms with Crippen LogP contribution in [0.1, 0.15) is 25.7 Å². The Bertz CT molecular complexity index is 290. The predicted octanol–water partition coefficient (Wildman–Crippen LogP) is -2.58. The molecule has 0 bridgehead atoms.